The molecule has 1 saturated heterocycles. The standard InChI is InChI=1S/C13H18N2O4S/c1-3-19-12-10(5-4-7-14-12)11(16)15-13(2)6-8-20(17,18)9-13/h4-5,7H,3,6,8-9H2,1-2H3,(H,15,16)/t13-/m0/s1. The largest absolute Gasteiger partial charge is 0.477 e. The number of nitrogens with one attached hydrogen (secondary N) is 1. The van der Waals surface area contributed by atoms with Crippen LogP contribution in [-0.4, -0.2) is 43.0 Å². The fourth-order valence-corrected chi connectivity index (χ4v) is 4.36. The highest BCUT2D eigenvalue weighted by atomic mass is 32.2. The molecule has 1 aromatic heterocycles. The maximum atomic E-state index is 12.3. The van der Waals surface area contributed by atoms with E-state index in [1.165, 1.54) is 0 Å². The Bertz CT molecular complexity index is 615. The van der Waals surface area contributed by atoms with Crippen molar-refractivity contribution in [3.05, 3.63) is 23.9 Å². The molecule has 0 unspecified atom stereocenters. The van der Waals surface area contributed by atoms with Gasteiger partial charge in [0.05, 0.1) is 23.7 Å². The summed E-state index contributed by atoms with van der Waals surface area (Å²) >= 11 is 0. The maximum Gasteiger partial charge on any atom is 0.257 e. The first-order valence-electron chi connectivity index (χ1n) is 6.46. The topological polar surface area (TPSA) is 85.4 Å². The summed E-state index contributed by atoms with van der Waals surface area (Å²) in [5, 5.41) is 2.79. The lowest BCUT2D eigenvalue weighted by Crippen LogP contribution is -2.47. The number of aromatic nitrogens is 1. The van der Waals surface area contributed by atoms with E-state index in [2.05, 4.69) is 10.3 Å². The number of amides is 1. The quantitative estimate of drug-likeness (QED) is 0.888. The minimum Gasteiger partial charge on any atom is -0.477 e. The van der Waals surface area contributed by atoms with Gasteiger partial charge in [0, 0.05) is 6.20 Å². The smallest absolute Gasteiger partial charge is 0.257 e. The van der Waals surface area contributed by atoms with E-state index in [-0.39, 0.29) is 23.3 Å². The van der Waals surface area contributed by atoms with E-state index >= 15 is 0 Å². The van der Waals surface area contributed by atoms with Gasteiger partial charge in [0.15, 0.2) is 9.84 Å². The van der Waals surface area contributed by atoms with Crippen molar-refractivity contribution in [1.29, 1.82) is 0 Å². The van der Waals surface area contributed by atoms with E-state index in [1.54, 1.807) is 32.2 Å². The molecule has 6 nitrogen and oxygen atoms in total. The van der Waals surface area contributed by atoms with Crippen LogP contribution in [0.2, 0.25) is 0 Å². The SMILES string of the molecule is CCOc1ncccc1C(=O)N[C@@]1(C)CCS(=O)(=O)C1. The average molecular weight is 298 g/mol. The number of nitrogens with zero attached hydrogens (tertiary/aromatic N) is 1. The van der Waals surface area contributed by atoms with Gasteiger partial charge in [0.25, 0.3) is 5.91 Å². The lowest BCUT2D eigenvalue weighted by atomic mass is 10.0. The molecule has 0 radical (unpaired) electrons. The zero-order valence-electron chi connectivity index (χ0n) is 11.5. The second-order valence-corrected chi connectivity index (χ2v) is 7.33. The molecule has 0 aromatic carbocycles. The van der Waals surface area contributed by atoms with Crippen LogP contribution in [0.3, 0.4) is 0 Å². The third-order valence-electron chi connectivity index (χ3n) is 3.22. The van der Waals surface area contributed by atoms with Gasteiger partial charge in [-0.15, -0.1) is 0 Å². The molecule has 0 aliphatic carbocycles. The fraction of sp³-hybridized carbons (Fsp3) is 0.538. The Hall–Kier alpha value is -1.63. The van der Waals surface area contributed by atoms with E-state index in [0.29, 0.717) is 18.6 Å². The lowest BCUT2D eigenvalue weighted by Gasteiger charge is -2.24. The summed E-state index contributed by atoms with van der Waals surface area (Å²) < 4.78 is 28.4. The van der Waals surface area contributed by atoms with Gasteiger partial charge in [-0.2, -0.15) is 0 Å². The van der Waals surface area contributed by atoms with E-state index < -0.39 is 15.4 Å². The Morgan fingerprint density at radius 3 is 2.90 bits per heavy atom. The van der Waals surface area contributed by atoms with Gasteiger partial charge in [0.2, 0.25) is 5.88 Å². The molecule has 7 heteroatoms. The zero-order chi connectivity index (χ0) is 14.8. The maximum absolute atomic E-state index is 12.3. The molecule has 0 saturated carbocycles. The molecule has 1 aliphatic heterocycles. The molecular weight excluding hydrogens is 280 g/mol. The van der Waals surface area contributed by atoms with Crippen LogP contribution in [0.15, 0.2) is 18.3 Å². The second-order valence-electron chi connectivity index (χ2n) is 5.15. The van der Waals surface area contributed by atoms with Gasteiger partial charge in [-0.1, -0.05) is 0 Å². The number of sulfone groups is 1. The van der Waals surface area contributed by atoms with Crippen molar-refractivity contribution in [3.63, 3.8) is 0 Å². The van der Waals surface area contributed by atoms with Crippen LogP contribution in [0, 0.1) is 0 Å². The molecule has 0 bridgehead atoms. The minimum atomic E-state index is -3.06. The van der Waals surface area contributed by atoms with Crippen molar-refractivity contribution >= 4 is 15.7 Å². The molecule has 1 N–H and O–H groups in total. The predicted octanol–water partition coefficient (Wildman–Crippen LogP) is 0.787. The zero-order valence-corrected chi connectivity index (χ0v) is 12.4. The Morgan fingerprint density at radius 1 is 1.55 bits per heavy atom. The van der Waals surface area contributed by atoms with E-state index in [4.69, 9.17) is 4.74 Å². The number of rotatable bonds is 4. The summed E-state index contributed by atoms with van der Waals surface area (Å²) in [6.07, 6.45) is 1.97. The van der Waals surface area contributed by atoms with Crippen molar-refractivity contribution in [2.45, 2.75) is 25.8 Å². The second kappa shape index (κ2) is 5.40. The van der Waals surface area contributed by atoms with E-state index in [0.717, 1.165) is 0 Å². The molecule has 0 spiro atoms. The summed E-state index contributed by atoms with van der Waals surface area (Å²) in [5.41, 5.74) is -0.408. The van der Waals surface area contributed by atoms with Crippen LogP contribution in [0.5, 0.6) is 5.88 Å². The molecular formula is C13H18N2O4S. The van der Waals surface area contributed by atoms with Gasteiger partial charge < -0.3 is 10.1 Å². The number of carbonyl (C=O) groups is 1. The van der Waals surface area contributed by atoms with Gasteiger partial charge in [-0.3, -0.25) is 4.79 Å². The van der Waals surface area contributed by atoms with Crippen LogP contribution >= 0.6 is 0 Å². The summed E-state index contributed by atoms with van der Waals surface area (Å²) in [6.45, 7) is 3.95. The highest BCUT2D eigenvalue weighted by molar-refractivity contribution is 7.91. The van der Waals surface area contributed by atoms with Crippen molar-refractivity contribution in [2.24, 2.45) is 0 Å². The number of pyridine rings is 1. The van der Waals surface area contributed by atoms with Crippen LogP contribution in [0.4, 0.5) is 0 Å². The predicted molar refractivity (Wildman–Crippen MR) is 74.5 cm³/mol. The van der Waals surface area contributed by atoms with Crippen LogP contribution in [-0.2, 0) is 9.84 Å². The van der Waals surface area contributed by atoms with Gasteiger partial charge >= 0.3 is 0 Å². The fourth-order valence-electron chi connectivity index (χ4n) is 2.27. The van der Waals surface area contributed by atoms with Crippen LogP contribution < -0.4 is 10.1 Å². The van der Waals surface area contributed by atoms with Crippen molar-refractivity contribution in [2.75, 3.05) is 18.1 Å². The molecule has 1 atom stereocenters. The summed E-state index contributed by atoms with van der Waals surface area (Å²) in [5.74, 6) is -0.0245. The van der Waals surface area contributed by atoms with E-state index in [1.807, 2.05) is 0 Å². The van der Waals surface area contributed by atoms with Gasteiger partial charge in [0.1, 0.15) is 5.56 Å². The Morgan fingerprint density at radius 2 is 2.30 bits per heavy atom. The van der Waals surface area contributed by atoms with Gasteiger partial charge in [-0.05, 0) is 32.4 Å². The molecule has 1 aromatic rings. The molecule has 1 fully saturated rings. The van der Waals surface area contributed by atoms with E-state index in [9.17, 15) is 13.2 Å². The third-order valence-corrected chi connectivity index (χ3v) is 5.12. The van der Waals surface area contributed by atoms with Crippen LogP contribution in [0.1, 0.15) is 30.6 Å². The summed E-state index contributed by atoms with van der Waals surface area (Å²) in [7, 11) is -3.06. The third kappa shape index (κ3) is 3.27. The molecule has 1 aliphatic rings. The Labute approximate surface area is 118 Å². The first-order chi connectivity index (χ1) is 9.35. The summed E-state index contributed by atoms with van der Waals surface area (Å²) in [4.78, 5) is 16.3. The molecule has 110 valence electrons. The highest BCUT2D eigenvalue weighted by Gasteiger charge is 2.39. The number of hydrogen-bond acceptors (Lipinski definition) is 5. The molecule has 20 heavy (non-hydrogen) atoms. The van der Waals surface area contributed by atoms with Crippen molar-refractivity contribution < 1.29 is 17.9 Å². The number of carbonyl (C=O) groups excluding carboxylic acids is 1. The molecule has 1 amide bonds. The summed E-state index contributed by atoms with van der Waals surface area (Å²) in [6, 6.07) is 3.26. The Kier molecular flexibility index (Phi) is 3.99. The van der Waals surface area contributed by atoms with Crippen molar-refractivity contribution in [3.8, 4) is 5.88 Å². The lowest BCUT2D eigenvalue weighted by molar-refractivity contribution is 0.0910. The first-order valence-corrected chi connectivity index (χ1v) is 8.28. The number of ether oxygens (including phenoxy) is 1. The van der Waals surface area contributed by atoms with Crippen LogP contribution in [0.25, 0.3) is 0 Å². The molecule has 2 heterocycles. The molecule has 2 rings (SSSR count). The van der Waals surface area contributed by atoms with Gasteiger partial charge in [-0.25, -0.2) is 13.4 Å². The first kappa shape index (κ1) is 14.8. The normalized spacial score (nSPS) is 24.3. The highest BCUT2D eigenvalue weighted by Crippen LogP contribution is 2.24. The Balaban J connectivity index is 2.17. The monoisotopic (exact) mass is 298 g/mol. The minimum absolute atomic E-state index is 0.0318. The van der Waals surface area contributed by atoms with Crippen molar-refractivity contribution in [1.82, 2.24) is 10.3 Å². The number of hydrogen-bond donors (Lipinski definition) is 1. The average Bonchev–Trinajstić information content (AvgIpc) is 2.64.